The zero-order valence-corrected chi connectivity index (χ0v) is 12.4. The van der Waals surface area contributed by atoms with Crippen molar-refractivity contribution in [2.24, 2.45) is 5.92 Å². The van der Waals surface area contributed by atoms with Gasteiger partial charge in [0.2, 0.25) is 0 Å². The van der Waals surface area contributed by atoms with Gasteiger partial charge in [0.15, 0.2) is 0 Å². The van der Waals surface area contributed by atoms with Crippen molar-refractivity contribution >= 4 is 11.9 Å². The fourth-order valence-corrected chi connectivity index (χ4v) is 2.77. The van der Waals surface area contributed by atoms with E-state index in [1.165, 1.54) is 0 Å². The Hall–Kier alpha value is -2.04. The van der Waals surface area contributed by atoms with E-state index in [9.17, 15) is 9.59 Å². The Morgan fingerprint density at radius 2 is 1.90 bits per heavy atom. The number of methoxy groups -OCH3 is 1. The van der Waals surface area contributed by atoms with Gasteiger partial charge in [-0.3, -0.25) is 9.59 Å². The molecular weight excluding hydrogens is 270 g/mol. The molecule has 0 bridgehead atoms. The van der Waals surface area contributed by atoms with Crippen molar-refractivity contribution in [3.63, 3.8) is 0 Å². The van der Waals surface area contributed by atoms with Crippen molar-refractivity contribution in [3.05, 3.63) is 29.3 Å². The Kier molecular flexibility index (Phi) is 4.83. The molecule has 1 aromatic rings. The van der Waals surface area contributed by atoms with Crippen LogP contribution in [0, 0.1) is 12.8 Å². The number of amides is 1. The maximum Gasteiger partial charge on any atom is 0.306 e. The summed E-state index contributed by atoms with van der Waals surface area (Å²) in [6, 6.07) is 5.42. The summed E-state index contributed by atoms with van der Waals surface area (Å²) in [5, 5.41) is 12.0. The van der Waals surface area contributed by atoms with Gasteiger partial charge in [-0.1, -0.05) is 0 Å². The number of benzene rings is 1. The highest BCUT2D eigenvalue weighted by atomic mass is 16.5. The molecule has 0 atom stereocenters. The summed E-state index contributed by atoms with van der Waals surface area (Å²) in [4.78, 5) is 23.2. The third kappa shape index (κ3) is 3.74. The first kappa shape index (κ1) is 15.4. The zero-order chi connectivity index (χ0) is 15.4. The molecule has 5 heteroatoms. The van der Waals surface area contributed by atoms with E-state index >= 15 is 0 Å². The van der Waals surface area contributed by atoms with Crippen LogP contribution in [-0.2, 0) is 4.79 Å². The standard InChI is InChI=1S/C16H21NO4/c1-10-9-13(21-2)7-8-14(10)15(18)17-12-5-3-11(4-6-12)16(19)20/h7-9,11-12H,3-6H2,1-2H3,(H,17,18)(H,19,20). The van der Waals surface area contributed by atoms with Crippen molar-refractivity contribution in [1.29, 1.82) is 0 Å². The molecule has 0 saturated heterocycles. The van der Waals surface area contributed by atoms with E-state index in [0.29, 0.717) is 18.4 Å². The smallest absolute Gasteiger partial charge is 0.306 e. The fraction of sp³-hybridized carbons (Fsp3) is 0.500. The number of aliphatic carboxylic acids is 1. The minimum Gasteiger partial charge on any atom is -0.497 e. The molecule has 0 aliphatic heterocycles. The first-order valence-corrected chi connectivity index (χ1v) is 7.19. The lowest BCUT2D eigenvalue weighted by Crippen LogP contribution is -2.38. The van der Waals surface area contributed by atoms with Crippen molar-refractivity contribution in [1.82, 2.24) is 5.32 Å². The molecule has 1 fully saturated rings. The van der Waals surface area contributed by atoms with Crippen molar-refractivity contribution < 1.29 is 19.4 Å². The molecule has 1 amide bonds. The van der Waals surface area contributed by atoms with Gasteiger partial charge in [0.05, 0.1) is 13.0 Å². The molecular formula is C16H21NO4. The molecule has 114 valence electrons. The van der Waals surface area contributed by atoms with Crippen molar-refractivity contribution in [3.8, 4) is 5.75 Å². The average molecular weight is 291 g/mol. The Labute approximate surface area is 124 Å². The summed E-state index contributed by atoms with van der Waals surface area (Å²) in [5.74, 6) is -0.369. The quantitative estimate of drug-likeness (QED) is 0.893. The van der Waals surface area contributed by atoms with Gasteiger partial charge in [0.1, 0.15) is 5.75 Å². The summed E-state index contributed by atoms with van der Waals surface area (Å²) >= 11 is 0. The first-order valence-electron chi connectivity index (χ1n) is 7.19. The van der Waals surface area contributed by atoms with Crippen molar-refractivity contribution in [2.45, 2.75) is 38.6 Å². The third-order valence-electron chi connectivity index (χ3n) is 4.09. The highest BCUT2D eigenvalue weighted by Crippen LogP contribution is 2.25. The highest BCUT2D eigenvalue weighted by Gasteiger charge is 2.27. The number of rotatable bonds is 4. The normalized spacial score (nSPS) is 21.6. The minimum absolute atomic E-state index is 0.0644. The van der Waals surface area contributed by atoms with Crippen LogP contribution in [0.3, 0.4) is 0 Å². The first-order chi connectivity index (χ1) is 10.0. The second-order valence-corrected chi connectivity index (χ2v) is 5.54. The molecule has 1 saturated carbocycles. The molecule has 1 aromatic carbocycles. The molecule has 5 nitrogen and oxygen atoms in total. The van der Waals surface area contributed by atoms with Crippen molar-refractivity contribution in [2.75, 3.05) is 7.11 Å². The monoisotopic (exact) mass is 291 g/mol. The van der Waals surface area contributed by atoms with E-state index in [0.717, 1.165) is 24.2 Å². The van der Waals surface area contributed by atoms with Gasteiger partial charge >= 0.3 is 5.97 Å². The van der Waals surface area contributed by atoms with Crippen LogP contribution in [0.1, 0.15) is 41.6 Å². The topological polar surface area (TPSA) is 75.6 Å². The van der Waals surface area contributed by atoms with Gasteiger partial charge in [0, 0.05) is 11.6 Å². The molecule has 0 spiro atoms. The predicted octanol–water partition coefficient (Wildman–Crippen LogP) is 2.38. The molecule has 0 unspecified atom stereocenters. The number of carboxylic acid groups (broad SMARTS) is 1. The van der Waals surface area contributed by atoms with Crippen LogP contribution < -0.4 is 10.1 Å². The number of carbonyl (C=O) groups is 2. The average Bonchev–Trinajstić information content (AvgIpc) is 2.47. The number of carboxylic acids is 1. The second-order valence-electron chi connectivity index (χ2n) is 5.54. The number of hydrogen-bond donors (Lipinski definition) is 2. The summed E-state index contributed by atoms with van der Waals surface area (Å²) < 4.78 is 5.13. The maximum absolute atomic E-state index is 12.3. The molecule has 1 aliphatic carbocycles. The van der Waals surface area contributed by atoms with Gasteiger partial charge in [-0.05, 0) is 56.4 Å². The molecule has 21 heavy (non-hydrogen) atoms. The van der Waals surface area contributed by atoms with Gasteiger partial charge in [-0.25, -0.2) is 0 Å². The van der Waals surface area contributed by atoms with E-state index < -0.39 is 5.97 Å². The fourth-order valence-electron chi connectivity index (χ4n) is 2.77. The minimum atomic E-state index is -0.731. The summed E-state index contributed by atoms with van der Waals surface area (Å²) in [5.41, 5.74) is 1.50. The van der Waals surface area contributed by atoms with Gasteiger partial charge in [-0.2, -0.15) is 0 Å². The highest BCUT2D eigenvalue weighted by molar-refractivity contribution is 5.96. The lowest BCUT2D eigenvalue weighted by Gasteiger charge is -2.27. The lowest BCUT2D eigenvalue weighted by molar-refractivity contribution is -0.142. The lowest BCUT2D eigenvalue weighted by atomic mass is 9.86. The summed E-state index contributed by atoms with van der Waals surface area (Å²) in [6.45, 7) is 1.87. The van der Waals surface area contributed by atoms with E-state index in [2.05, 4.69) is 5.32 Å². The Morgan fingerprint density at radius 3 is 2.43 bits per heavy atom. The van der Waals surface area contributed by atoms with Crippen LogP contribution >= 0.6 is 0 Å². The summed E-state index contributed by atoms with van der Waals surface area (Å²) in [6.07, 6.45) is 2.69. The third-order valence-corrected chi connectivity index (χ3v) is 4.09. The Balaban J connectivity index is 1.95. The number of nitrogens with one attached hydrogen (secondary N) is 1. The van der Waals surface area contributed by atoms with Crippen LogP contribution in [-0.4, -0.2) is 30.1 Å². The van der Waals surface area contributed by atoms with E-state index in [1.54, 1.807) is 19.2 Å². The molecule has 0 heterocycles. The molecule has 1 aliphatic rings. The number of hydrogen-bond acceptors (Lipinski definition) is 3. The largest absolute Gasteiger partial charge is 0.497 e. The zero-order valence-electron chi connectivity index (χ0n) is 12.4. The summed E-state index contributed by atoms with van der Waals surface area (Å²) in [7, 11) is 1.59. The van der Waals surface area contributed by atoms with Crippen LogP contribution in [0.4, 0.5) is 0 Å². The van der Waals surface area contributed by atoms with E-state index in [4.69, 9.17) is 9.84 Å². The SMILES string of the molecule is COc1ccc(C(=O)NC2CCC(C(=O)O)CC2)c(C)c1. The predicted molar refractivity (Wildman–Crippen MR) is 78.6 cm³/mol. The van der Waals surface area contributed by atoms with Gasteiger partial charge < -0.3 is 15.2 Å². The maximum atomic E-state index is 12.3. The molecule has 0 radical (unpaired) electrons. The van der Waals surface area contributed by atoms with Crippen LogP contribution in [0.25, 0.3) is 0 Å². The Bertz CT molecular complexity index is 533. The van der Waals surface area contributed by atoms with Crippen LogP contribution in [0.2, 0.25) is 0 Å². The molecule has 2 rings (SSSR count). The number of aryl methyl sites for hydroxylation is 1. The second kappa shape index (κ2) is 6.61. The van der Waals surface area contributed by atoms with Gasteiger partial charge in [0.25, 0.3) is 5.91 Å². The van der Waals surface area contributed by atoms with E-state index in [1.807, 2.05) is 13.0 Å². The van der Waals surface area contributed by atoms with E-state index in [-0.39, 0.29) is 17.9 Å². The molecule has 2 N–H and O–H groups in total. The van der Waals surface area contributed by atoms with Crippen LogP contribution in [0.15, 0.2) is 18.2 Å². The van der Waals surface area contributed by atoms with Gasteiger partial charge in [-0.15, -0.1) is 0 Å². The molecule has 0 aromatic heterocycles. The number of carbonyl (C=O) groups excluding carboxylic acids is 1. The van der Waals surface area contributed by atoms with Crippen LogP contribution in [0.5, 0.6) is 5.75 Å². The Morgan fingerprint density at radius 1 is 1.24 bits per heavy atom. The number of ether oxygens (including phenoxy) is 1.